The van der Waals surface area contributed by atoms with Gasteiger partial charge in [-0.25, -0.2) is 9.18 Å². The van der Waals surface area contributed by atoms with Crippen molar-refractivity contribution in [3.05, 3.63) is 71.3 Å². The SMILES string of the molecule is Cc1ccc2c(CCNC(=O)NCCc3c[nH]c4cc(F)ccc34)c[nH]c2c1. The molecular weight excluding hydrogens is 355 g/mol. The van der Waals surface area contributed by atoms with Crippen LogP contribution in [-0.4, -0.2) is 29.1 Å². The minimum absolute atomic E-state index is 0.179. The van der Waals surface area contributed by atoms with Crippen LogP contribution in [0.5, 0.6) is 0 Å². The summed E-state index contributed by atoms with van der Waals surface area (Å²) in [5.74, 6) is -0.260. The van der Waals surface area contributed by atoms with Gasteiger partial charge in [0.2, 0.25) is 0 Å². The number of aromatic nitrogens is 2. The van der Waals surface area contributed by atoms with Crippen molar-refractivity contribution in [3.63, 3.8) is 0 Å². The predicted molar refractivity (Wildman–Crippen MR) is 110 cm³/mol. The van der Waals surface area contributed by atoms with Crippen molar-refractivity contribution >= 4 is 27.8 Å². The number of halogens is 1. The fraction of sp³-hybridized carbons (Fsp3) is 0.227. The average molecular weight is 378 g/mol. The van der Waals surface area contributed by atoms with E-state index < -0.39 is 0 Å². The molecule has 0 spiro atoms. The first-order valence-corrected chi connectivity index (χ1v) is 9.44. The Balaban J connectivity index is 1.24. The quantitative estimate of drug-likeness (QED) is 0.399. The van der Waals surface area contributed by atoms with Crippen molar-refractivity contribution in [1.29, 1.82) is 0 Å². The maximum atomic E-state index is 13.2. The summed E-state index contributed by atoms with van der Waals surface area (Å²) in [7, 11) is 0. The second-order valence-electron chi connectivity index (χ2n) is 7.05. The molecule has 0 bridgehead atoms. The zero-order valence-electron chi connectivity index (χ0n) is 15.7. The summed E-state index contributed by atoms with van der Waals surface area (Å²) in [6, 6.07) is 10.8. The van der Waals surface area contributed by atoms with Gasteiger partial charge in [0.25, 0.3) is 0 Å². The van der Waals surface area contributed by atoms with Crippen molar-refractivity contribution in [2.45, 2.75) is 19.8 Å². The van der Waals surface area contributed by atoms with Crippen LogP contribution in [0, 0.1) is 12.7 Å². The number of rotatable bonds is 6. The third-order valence-corrected chi connectivity index (χ3v) is 5.01. The summed E-state index contributed by atoms with van der Waals surface area (Å²) in [5.41, 5.74) is 5.37. The van der Waals surface area contributed by atoms with E-state index in [2.05, 4.69) is 45.7 Å². The van der Waals surface area contributed by atoms with E-state index >= 15 is 0 Å². The number of aryl methyl sites for hydroxylation is 1. The molecule has 0 saturated carbocycles. The van der Waals surface area contributed by atoms with Gasteiger partial charge >= 0.3 is 6.03 Å². The third-order valence-electron chi connectivity index (χ3n) is 5.01. The maximum Gasteiger partial charge on any atom is 0.314 e. The van der Waals surface area contributed by atoms with E-state index in [1.807, 2.05) is 12.4 Å². The lowest BCUT2D eigenvalue weighted by Crippen LogP contribution is -2.37. The highest BCUT2D eigenvalue weighted by molar-refractivity contribution is 5.84. The highest BCUT2D eigenvalue weighted by atomic mass is 19.1. The maximum absolute atomic E-state index is 13.2. The number of hydrogen-bond acceptors (Lipinski definition) is 1. The Morgan fingerprint density at radius 1 is 0.893 bits per heavy atom. The molecule has 4 aromatic rings. The predicted octanol–water partition coefficient (Wildman–Crippen LogP) is 4.18. The topological polar surface area (TPSA) is 72.7 Å². The van der Waals surface area contributed by atoms with Gasteiger partial charge < -0.3 is 20.6 Å². The summed E-state index contributed by atoms with van der Waals surface area (Å²) in [6.45, 7) is 3.15. The summed E-state index contributed by atoms with van der Waals surface area (Å²) in [6.07, 6.45) is 5.32. The number of hydrogen-bond donors (Lipinski definition) is 4. The minimum Gasteiger partial charge on any atom is -0.361 e. The number of carbonyl (C=O) groups excluding carboxylic acids is 1. The van der Waals surface area contributed by atoms with Crippen LogP contribution in [0.25, 0.3) is 21.8 Å². The molecule has 144 valence electrons. The third kappa shape index (κ3) is 3.86. The molecule has 28 heavy (non-hydrogen) atoms. The number of nitrogens with one attached hydrogen (secondary N) is 4. The van der Waals surface area contributed by atoms with Crippen LogP contribution in [0.4, 0.5) is 9.18 Å². The molecule has 0 unspecified atom stereocenters. The molecule has 2 amide bonds. The van der Waals surface area contributed by atoms with E-state index in [9.17, 15) is 9.18 Å². The number of urea groups is 1. The Morgan fingerprint density at radius 2 is 1.46 bits per heavy atom. The molecular formula is C22H23FN4O. The van der Waals surface area contributed by atoms with Crippen LogP contribution in [0.3, 0.4) is 0 Å². The number of H-pyrrole nitrogens is 2. The monoisotopic (exact) mass is 378 g/mol. The molecule has 0 aliphatic carbocycles. The molecule has 0 aliphatic rings. The Labute approximate surface area is 162 Å². The highest BCUT2D eigenvalue weighted by Crippen LogP contribution is 2.20. The van der Waals surface area contributed by atoms with Gasteiger partial charge in [0, 0.05) is 47.3 Å². The molecule has 0 aliphatic heterocycles. The van der Waals surface area contributed by atoms with Gasteiger partial charge in [-0.1, -0.05) is 12.1 Å². The van der Waals surface area contributed by atoms with Crippen LogP contribution < -0.4 is 10.6 Å². The molecule has 6 heteroatoms. The molecule has 2 aromatic heterocycles. The fourth-order valence-electron chi connectivity index (χ4n) is 3.56. The lowest BCUT2D eigenvalue weighted by atomic mass is 10.1. The molecule has 0 fully saturated rings. The highest BCUT2D eigenvalue weighted by Gasteiger charge is 2.07. The van der Waals surface area contributed by atoms with Crippen LogP contribution in [0.2, 0.25) is 0 Å². The van der Waals surface area contributed by atoms with Gasteiger partial charge in [0.1, 0.15) is 5.82 Å². The summed E-state index contributed by atoms with van der Waals surface area (Å²) < 4.78 is 13.2. The van der Waals surface area contributed by atoms with Crippen LogP contribution >= 0.6 is 0 Å². The number of carbonyl (C=O) groups is 1. The normalized spacial score (nSPS) is 11.2. The van der Waals surface area contributed by atoms with Gasteiger partial charge in [-0.2, -0.15) is 0 Å². The zero-order valence-corrected chi connectivity index (χ0v) is 15.7. The fourth-order valence-corrected chi connectivity index (χ4v) is 3.56. The van der Waals surface area contributed by atoms with Crippen LogP contribution in [-0.2, 0) is 12.8 Å². The molecule has 5 nitrogen and oxygen atoms in total. The van der Waals surface area contributed by atoms with E-state index in [4.69, 9.17) is 0 Å². The molecule has 4 rings (SSSR count). The second kappa shape index (κ2) is 7.76. The van der Waals surface area contributed by atoms with Gasteiger partial charge in [0.15, 0.2) is 0 Å². The standard InChI is InChI=1S/C22H23FN4O/c1-14-2-4-18-15(12-26-20(18)10-14)6-8-24-22(28)25-9-7-16-13-27-21-11-17(23)3-5-19(16)21/h2-5,10-13,26-27H,6-9H2,1H3,(H2,24,25,28). The second-order valence-corrected chi connectivity index (χ2v) is 7.05. The first-order valence-electron chi connectivity index (χ1n) is 9.44. The largest absolute Gasteiger partial charge is 0.361 e. The van der Waals surface area contributed by atoms with E-state index in [1.165, 1.54) is 28.6 Å². The number of benzene rings is 2. The van der Waals surface area contributed by atoms with Crippen LogP contribution in [0.15, 0.2) is 48.8 Å². The first-order chi connectivity index (χ1) is 13.6. The van der Waals surface area contributed by atoms with Crippen LogP contribution in [0.1, 0.15) is 16.7 Å². The lowest BCUT2D eigenvalue weighted by molar-refractivity contribution is 0.241. The molecule has 0 radical (unpaired) electrons. The molecule has 2 aromatic carbocycles. The van der Waals surface area contributed by atoms with E-state index in [0.717, 1.165) is 28.4 Å². The zero-order chi connectivity index (χ0) is 19.5. The molecule has 4 N–H and O–H groups in total. The van der Waals surface area contributed by atoms with Crippen molar-refractivity contribution < 1.29 is 9.18 Å². The summed E-state index contributed by atoms with van der Waals surface area (Å²) in [5, 5.41) is 7.96. The Kier molecular flexibility index (Phi) is 5.02. The number of aromatic amines is 2. The van der Waals surface area contributed by atoms with E-state index in [1.54, 1.807) is 6.07 Å². The number of fused-ring (bicyclic) bond motifs is 2. The molecule has 0 atom stereocenters. The Morgan fingerprint density at radius 3 is 2.11 bits per heavy atom. The summed E-state index contributed by atoms with van der Waals surface area (Å²) in [4.78, 5) is 18.4. The van der Waals surface area contributed by atoms with Crippen molar-refractivity contribution in [3.8, 4) is 0 Å². The van der Waals surface area contributed by atoms with E-state index in [-0.39, 0.29) is 11.8 Å². The first kappa shape index (κ1) is 18.1. The van der Waals surface area contributed by atoms with Gasteiger partial charge in [-0.3, -0.25) is 0 Å². The van der Waals surface area contributed by atoms with E-state index in [0.29, 0.717) is 19.5 Å². The van der Waals surface area contributed by atoms with Crippen molar-refractivity contribution in [2.24, 2.45) is 0 Å². The lowest BCUT2D eigenvalue weighted by Gasteiger charge is -2.07. The van der Waals surface area contributed by atoms with Gasteiger partial charge in [0.05, 0.1) is 0 Å². The molecule has 2 heterocycles. The van der Waals surface area contributed by atoms with Crippen molar-refractivity contribution in [2.75, 3.05) is 13.1 Å². The smallest absolute Gasteiger partial charge is 0.314 e. The Bertz CT molecular complexity index is 1040. The van der Waals surface area contributed by atoms with Crippen molar-refractivity contribution in [1.82, 2.24) is 20.6 Å². The van der Waals surface area contributed by atoms with Gasteiger partial charge in [-0.15, -0.1) is 0 Å². The average Bonchev–Trinajstić information content (AvgIpc) is 3.25. The minimum atomic E-state index is -0.260. The Hall–Kier alpha value is -3.28. The summed E-state index contributed by atoms with van der Waals surface area (Å²) >= 11 is 0. The molecule has 0 saturated heterocycles. The van der Waals surface area contributed by atoms with Gasteiger partial charge in [-0.05, 0) is 60.7 Å². The number of amides is 2.